The molecule has 4 nitrogen and oxygen atoms in total. The lowest BCUT2D eigenvalue weighted by molar-refractivity contribution is 0.0252. The van der Waals surface area contributed by atoms with Crippen LogP contribution in [0.4, 0.5) is 14.7 Å². The second-order valence-corrected chi connectivity index (χ2v) is 3.00. The molecule has 14 heavy (non-hydrogen) atoms. The number of nitrogens with two attached hydrogens (primary N) is 1. The van der Waals surface area contributed by atoms with Crippen molar-refractivity contribution in [1.82, 2.24) is 9.97 Å². The van der Waals surface area contributed by atoms with Gasteiger partial charge in [0.05, 0.1) is 13.1 Å². The molecule has 0 fully saturated rings. The summed E-state index contributed by atoms with van der Waals surface area (Å²) in [6.07, 6.45) is 3.10. The van der Waals surface area contributed by atoms with E-state index in [1.807, 2.05) is 6.92 Å². The first-order valence-electron chi connectivity index (χ1n) is 4.14. The first-order valence-corrected chi connectivity index (χ1v) is 4.14. The van der Waals surface area contributed by atoms with Crippen LogP contribution in [0.15, 0.2) is 12.4 Å². The zero-order chi connectivity index (χ0) is 10.6. The molecule has 6 heteroatoms. The Bertz CT molecular complexity index is 286. The van der Waals surface area contributed by atoms with Crippen LogP contribution in [0.1, 0.15) is 5.56 Å². The van der Waals surface area contributed by atoms with Crippen LogP contribution in [0.3, 0.4) is 0 Å². The van der Waals surface area contributed by atoms with E-state index in [1.165, 1.54) is 0 Å². The number of anilines is 1. The number of aryl methyl sites for hydroxylation is 1. The van der Waals surface area contributed by atoms with Crippen LogP contribution in [-0.4, -0.2) is 29.0 Å². The standard InChI is InChI=1S/C8H12F2N4/c1-6-2-12-7(13-3-6)14-5-8(9,10)4-11/h2-3H,4-5,11H2,1H3,(H,12,13,14). The molecule has 1 heterocycles. The summed E-state index contributed by atoms with van der Waals surface area (Å²) >= 11 is 0. The van der Waals surface area contributed by atoms with Crippen molar-refractivity contribution in [3.05, 3.63) is 18.0 Å². The zero-order valence-corrected chi connectivity index (χ0v) is 7.80. The van der Waals surface area contributed by atoms with Gasteiger partial charge in [-0.3, -0.25) is 0 Å². The van der Waals surface area contributed by atoms with Gasteiger partial charge in [-0.05, 0) is 12.5 Å². The molecule has 0 spiro atoms. The fraction of sp³-hybridized carbons (Fsp3) is 0.500. The van der Waals surface area contributed by atoms with E-state index in [1.54, 1.807) is 12.4 Å². The second-order valence-electron chi connectivity index (χ2n) is 3.00. The lowest BCUT2D eigenvalue weighted by atomic mass is 10.3. The molecule has 1 rings (SSSR count). The molecule has 0 aliphatic carbocycles. The smallest absolute Gasteiger partial charge is 0.277 e. The van der Waals surface area contributed by atoms with E-state index in [2.05, 4.69) is 15.3 Å². The van der Waals surface area contributed by atoms with Crippen LogP contribution in [0.5, 0.6) is 0 Å². The second kappa shape index (κ2) is 4.28. The quantitative estimate of drug-likeness (QED) is 0.757. The monoisotopic (exact) mass is 202 g/mol. The van der Waals surface area contributed by atoms with Gasteiger partial charge >= 0.3 is 0 Å². The van der Waals surface area contributed by atoms with Crippen molar-refractivity contribution in [3.63, 3.8) is 0 Å². The lowest BCUT2D eigenvalue weighted by Gasteiger charge is -2.14. The lowest BCUT2D eigenvalue weighted by Crippen LogP contribution is -2.35. The van der Waals surface area contributed by atoms with Gasteiger partial charge in [-0.25, -0.2) is 18.7 Å². The number of hydrogen-bond acceptors (Lipinski definition) is 4. The van der Waals surface area contributed by atoms with Crippen LogP contribution >= 0.6 is 0 Å². The van der Waals surface area contributed by atoms with Crippen LogP contribution in [0.25, 0.3) is 0 Å². The van der Waals surface area contributed by atoms with Gasteiger partial charge in [-0.2, -0.15) is 0 Å². The Hall–Kier alpha value is -1.30. The predicted octanol–water partition coefficient (Wildman–Crippen LogP) is 0.791. The zero-order valence-electron chi connectivity index (χ0n) is 7.80. The Balaban J connectivity index is 2.50. The van der Waals surface area contributed by atoms with Crippen LogP contribution in [0.2, 0.25) is 0 Å². The summed E-state index contributed by atoms with van der Waals surface area (Å²) in [6.45, 7) is 0.580. The molecule has 0 unspecified atom stereocenters. The largest absolute Gasteiger partial charge is 0.348 e. The Morgan fingerprint density at radius 2 is 2.00 bits per heavy atom. The fourth-order valence-corrected chi connectivity index (χ4v) is 0.764. The van der Waals surface area contributed by atoms with E-state index in [0.717, 1.165) is 5.56 Å². The Kier molecular flexibility index (Phi) is 3.29. The summed E-state index contributed by atoms with van der Waals surface area (Å²) in [6, 6.07) is 0. The minimum atomic E-state index is -2.92. The number of rotatable bonds is 4. The van der Waals surface area contributed by atoms with Crippen molar-refractivity contribution in [2.75, 3.05) is 18.4 Å². The van der Waals surface area contributed by atoms with Gasteiger partial charge < -0.3 is 11.1 Å². The predicted molar refractivity (Wildman–Crippen MR) is 49.3 cm³/mol. The number of aromatic nitrogens is 2. The molecule has 1 aromatic rings. The summed E-state index contributed by atoms with van der Waals surface area (Å²) in [7, 11) is 0. The highest BCUT2D eigenvalue weighted by molar-refractivity contribution is 5.24. The third-order valence-electron chi connectivity index (χ3n) is 1.58. The molecule has 0 saturated heterocycles. The number of alkyl halides is 2. The summed E-state index contributed by atoms with van der Waals surface area (Å²) in [5, 5.41) is 2.41. The van der Waals surface area contributed by atoms with E-state index in [4.69, 9.17) is 5.73 Å². The SMILES string of the molecule is Cc1cnc(NCC(F)(F)CN)nc1. The average molecular weight is 202 g/mol. The molecule has 78 valence electrons. The van der Waals surface area contributed by atoms with E-state index < -0.39 is 19.0 Å². The Morgan fingerprint density at radius 3 is 2.50 bits per heavy atom. The highest BCUT2D eigenvalue weighted by Crippen LogP contribution is 2.11. The number of hydrogen-bond donors (Lipinski definition) is 2. The van der Waals surface area contributed by atoms with Crippen molar-refractivity contribution in [2.24, 2.45) is 5.73 Å². The maximum absolute atomic E-state index is 12.7. The summed E-state index contributed by atoms with van der Waals surface area (Å²) < 4.78 is 25.3. The first kappa shape index (κ1) is 10.8. The van der Waals surface area contributed by atoms with Gasteiger partial charge in [-0.1, -0.05) is 0 Å². The number of nitrogens with zero attached hydrogens (tertiary/aromatic N) is 2. The van der Waals surface area contributed by atoms with Crippen molar-refractivity contribution in [1.29, 1.82) is 0 Å². The van der Waals surface area contributed by atoms with E-state index in [9.17, 15) is 8.78 Å². The summed E-state index contributed by atoms with van der Waals surface area (Å²) in [4.78, 5) is 7.64. The minimum absolute atomic E-state index is 0.184. The van der Waals surface area contributed by atoms with Gasteiger partial charge in [-0.15, -0.1) is 0 Å². The number of halogens is 2. The molecular formula is C8H12F2N4. The summed E-state index contributed by atoms with van der Waals surface area (Å²) in [5.74, 6) is -2.74. The van der Waals surface area contributed by atoms with Gasteiger partial charge in [0.25, 0.3) is 5.92 Å². The molecule has 1 aromatic heterocycles. The van der Waals surface area contributed by atoms with Gasteiger partial charge in [0.1, 0.15) is 0 Å². The van der Waals surface area contributed by atoms with Gasteiger partial charge in [0, 0.05) is 12.4 Å². The molecular weight excluding hydrogens is 190 g/mol. The molecule has 0 bridgehead atoms. The molecule has 0 aliphatic heterocycles. The van der Waals surface area contributed by atoms with Crippen molar-refractivity contribution < 1.29 is 8.78 Å². The Morgan fingerprint density at radius 1 is 1.43 bits per heavy atom. The minimum Gasteiger partial charge on any atom is -0.348 e. The molecule has 0 atom stereocenters. The van der Waals surface area contributed by atoms with E-state index in [0.29, 0.717) is 0 Å². The average Bonchev–Trinajstić information content (AvgIpc) is 2.17. The highest BCUT2D eigenvalue weighted by Gasteiger charge is 2.26. The number of nitrogens with one attached hydrogen (secondary N) is 1. The maximum atomic E-state index is 12.7. The Labute approximate surface area is 80.6 Å². The van der Waals surface area contributed by atoms with Crippen LogP contribution in [0, 0.1) is 6.92 Å². The maximum Gasteiger partial charge on any atom is 0.277 e. The molecule has 0 aromatic carbocycles. The topological polar surface area (TPSA) is 63.8 Å². The third-order valence-corrected chi connectivity index (χ3v) is 1.58. The highest BCUT2D eigenvalue weighted by atomic mass is 19.3. The van der Waals surface area contributed by atoms with E-state index in [-0.39, 0.29) is 5.95 Å². The van der Waals surface area contributed by atoms with Gasteiger partial charge in [0.2, 0.25) is 5.95 Å². The van der Waals surface area contributed by atoms with Crippen molar-refractivity contribution in [3.8, 4) is 0 Å². The van der Waals surface area contributed by atoms with Crippen molar-refractivity contribution in [2.45, 2.75) is 12.8 Å². The molecule has 3 N–H and O–H groups in total. The molecule has 0 radical (unpaired) electrons. The normalized spacial score (nSPS) is 11.4. The van der Waals surface area contributed by atoms with Crippen LogP contribution in [-0.2, 0) is 0 Å². The van der Waals surface area contributed by atoms with E-state index >= 15 is 0 Å². The first-order chi connectivity index (χ1) is 6.53. The third kappa shape index (κ3) is 3.21. The fourth-order valence-electron chi connectivity index (χ4n) is 0.764. The molecule has 0 amide bonds. The van der Waals surface area contributed by atoms with Gasteiger partial charge in [0.15, 0.2) is 0 Å². The van der Waals surface area contributed by atoms with Crippen LogP contribution < -0.4 is 11.1 Å². The van der Waals surface area contributed by atoms with Crippen molar-refractivity contribution >= 4 is 5.95 Å². The molecule has 0 aliphatic rings. The summed E-state index contributed by atoms with van der Waals surface area (Å²) in [5.41, 5.74) is 5.74. The molecule has 0 saturated carbocycles.